The fourth-order valence-electron chi connectivity index (χ4n) is 4.13. The van der Waals surface area contributed by atoms with Crippen molar-refractivity contribution in [2.24, 2.45) is 0 Å². The number of piperazine rings is 1. The number of hydrogen-bond donors (Lipinski definition) is 0. The number of rotatable bonds is 4. The average molecular weight is 438 g/mol. The highest BCUT2D eigenvalue weighted by molar-refractivity contribution is 5.96. The van der Waals surface area contributed by atoms with Crippen molar-refractivity contribution >= 4 is 22.4 Å². The van der Waals surface area contributed by atoms with Crippen LogP contribution in [0, 0.1) is 40.9 Å². The van der Waals surface area contributed by atoms with Crippen LogP contribution in [0.25, 0.3) is 10.8 Å². The molecule has 9 heteroatoms. The number of likely N-dealkylation sites (N-methyl/N-ethyl adjacent to an activating group) is 1. The van der Waals surface area contributed by atoms with Crippen molar-refractivity contribution in [1.82, 2.24) is 20.1 Å². The van der Waals surface area contributed by atoms with Crippen LogP contribution in [0.1, 0.15) is 28.4 Å². The number of nitrogens with zero attached hydrogens (tertiary/aromatic N) is 9. The van der Waals surface area contributed by atoms with Crippen molar-refractivity contribution in [1.29, 1.82) is 15.8 Å². The van der Waals surface area contributed by atoms with Crippen LogP contribution in [0.5, 0.6) is 0 Å². The molecule has 1 aromatic carbocycles. The quantitative estimate of drug-likeness (QED) is 0.606. The lowest BCUT2D eigenvalue weighted by atomic mass is 9.97. The molecule has 1 fully saturated rings. The third-order valence-corrected chi connectivity index (χ3v) is 6.12. The summed E-state index contributed by atoms with van der Waals surface area (Å²) >= 11 is 0. The van der Waals surface area contributed by atoms with Crippen molar-refractivity contribution in [3.63, 3.8) is 0 Å². The van der Waals surface area contributed by atoms with Gasteiger partial charge in [0.25, 0.3) is 0 Å². The number of benzene rings is 1. The molecule has 1 aliphatic heterocycles. The van der Waals surface area contributed by atoms with Gasteiger partial charge >= 0.3 is 0 Å². The standard InChI is InChI=1S/C24H23N9/c1-16-5-4-6-17(19(16)12-25)22(14-27)32(3)24-18-11-23(33-9-7-31(2)8-10-33)28-15-20(18)21(13-26)29-30-24/h4-6,11,15,22H,7-10H2,1-3H3/t22-/m1/s1. The van der Waals surface area contributed by atoms with E-state index in [0.29, 0.717) is 27.7 Å². The van der Waals surface area contributed by atoms with E-state index in [9.17, 15) is 15.8 Å². The van der Waals surface area contributed by atoms with Crippen LogP contribution in [0.3, 0.4) is 0 Å². The molecule has 33 heavy (non-hydrogen) atoms. The first kappa shape index (κ1) is 22.0. The Labute approximate surface area is 192 Å². The lowest BCUT2D eigenvalue weighted by Gasteiger charge is -2.33. The second-order valence-electron chi connectivity index (χ2n) is 8.16. The summed E-state index contributed by atoms with van der Waals surface area (Å²) in [6, 6.07) is 13.2. The Kier molecular flexibility index (Phi) is 6.04. The van der Waals surface area contributed by atoms with Crippen molar-refractivity contribution in [2.75, 3.05) is 50.1 Å². The SMILES string of the molecule is Cc1cccc([C@@H](C#N)N(C)c2nnc(C#N)c3cnc(N4CCN(C)CC4)cc23)c1C#N. The first-order valence-electron chi connectivity index (χ1n) is 10.6. The second-order valence-corrected chi connectivity index (χ2v) is 8.16. The zero-order valence-electron chi connectivity index (χ0n) is 18.8. The van der Waals surface area contributed by atoms with Gasteiger partial charge in [0, 0.05) is 55.8 Å². The molecule has 0 saturated carbocycles. The normalized spacial score (nSPS) is 14.8. The molecule has 3 aromatic rings. The molecule has 0 unspecified atom stereocenters. The summed E-state index contributed by atoms with van der Waals surface area (Å²) in [5, 5.41) is 38.9. The van der Waals surface area contributed by atoms with E-state index in [-0.39, 0.29) is 5.69 Å². The second kappa shape index (κ2) is 9.08. The van der Waals surface area contributed by atoms with Crippen LogP contribution in [-0.2, 0) is 0 Å². The zero-order chi connectivity index (χ0) is 23.5. The number of fused-ring (bicyclic) bond motifs is 1. The highest BCUT2D eigenvalue weighted by Gasteiger charge is 2.25. The maximum Gasteiger partial charge on any atom is 0.172 e. The van der Waals surface area contributed by atoms with Crippen molar-refractivity contribution in [2.45, 2.75) is 13.0 Å². The van der Waals surface area contributed by atoms with Gasteiger partial charge in [0.05, 0.1) is 17.7 Å². The van der Waals surface area contributed by atoms with Gasteiger partial charge in [0.15, 0.2) is 11.5 Å². The minimum atomic E-state index is -0.759. The number of hydrogen-bond acceptors (Lipinski definition) is 9. The van der Waals surface area contributed by atoms with Crippen molar-refractivity contribution < 1.29 is 0 Å². The van der Waals surface area contributed by atoms with Crippen LogP contribution in [0.4, 0.5) is 11.6 Å². The van der Waals surface area contributed by atoms with E-state index < -0.39 is 6.04 Å². The highest BCUT2D eigenvalue weighted by Crippen LogP contribution is 2.33. The number of anilines is 2. The molecule has 1 aliphatic rings. The molecule has 0 spiro atoms. The molecule has 3 heterocycles. The van der Waals surface area contributed by atoms with Crippen LogP contribution in [0.2, 0.25) is 0 Å². The smallest absolute Gasteiger partial charge is 0.172 e. The van der Waals surface area contributed by atoms with Crippen LogP contribution < -0.4 is 9.80 Å². The molecule has 0 amide bonds. The van der Waals surface area contributed by atoms with Gasteiger partial charge in [-0.05, 0) is 25.6 Å². The molecule has 0 aliphatic carbocycles. The van der Waals surface area contributed by atoms with Crippen LogP contribution in [-0.4, -0.2) is 60.4 Å². The zero-order valence-corrected chi connectivity index (χ0v) is 18.8. The minimum absolute atomic E-state index is 0.182. The van der Waals surface area contributed by atoms with Crippen LogP contribution in [0.15, 0.2) is 30.5 Å². The van der Waals surface area contributed by atoms with Gasteiger partial charge in [-0.3, -0.25) is 0 Å². The van der Waals surface area contributed by atoms with Gasteiger partial charge in [-0.2, -0.15) is 15.8 Å². The monoisotopic (exact) mass is 437 g/mol. The Morgan fingerprint density at radius 2 is 1.79 bits per heavy atom. The Morgan fingerprint density at radius 1 is 1.03 bits per heavy atom. The van der Waals surface area contributed by atoms with Crippen molar-refractivity contribution in [3.8, 4) is 18.2 Å². The Balaban J connectivity index is 1.83. The van der Waals surface area contributed by atoms with Crippen molar-refractivity contribution in [3.05, 3.63) is 52.8 Å². The lowest BCUT2D eigenvalue weighted by Crippen LogP contribution is -2.44. The molecule has 0 radical (unpaired) electrons. The molecule has 1 atom stereocenters. The molecule has 0 bridgehead atoms. The number of pyridine rings is 1. The lowest BCUT2D eigenvalue weighted by molar-refractivity contribution is 0.312. The number of nitriles is 3. The number of aromatic nitrogens is 3. The maximum absolute atomic E-state index is 10.1. The minimum Gasteiger partial charge on any atom is -0.354 e. The van der Waals surface area contributed by atoms with E-state index >= 15 is 0 Å². The Bertz CT molecular complexity index is 1320. The summed E-state index contributed by atoms with van der Waals surface area (Å²) in [6.45, 7) is 5.41. The summed E-state index contributed by atoms with van der Waals surface area (Å²) in [6.07, 6.45) is 1.66. The molecule has 9 nitrogen and oxygen atoms in total. The summed E-state index contributed by atoms with van der Waals surface area (Å²) in [5.74, 6) is 1.25. The Morgan fingerprint density at radius 3 is 2.45 bits per heavy atom. The van der Waals surface area contributed by atoms with E-state index in [1.165, 1.54) is 0 Å². The third-order valence-electron chi connectivity index (χ3n) is 6.12. The summed E-state index contributed by atoms with van der Waals surface area (Å²) in [5.41, 5.74) is 2.07. The van der Waals surface area contributed by atoms with Gasteiger partial charge in [-0.15, -0.1) is 10.2 Å². The number of aryl methyl sites for hydroxylation is 1. The predicted molar refractivity (Wildman–Crippen MR) is 124 cm³/mol. The topological polar surface area (TPSA) is 120 Å². The van der Waals surface area contributed by atoms with E-state index in [1.807, 2.05) is 25.1 Å². The fraction of sp³-hybridized carbons (Fsp3) is 0.333. The Hall–Kier alpha value is -4.26. The molecular formula is C24H23N9. The molecule has 2 aromatic heterocycles. The van der Waals surface area contributed by atoms with Gasteiger partial charge in [-0.25, -0.2) is 4.98 Å². The third kappa shape index (κ3) is 4.01. The first-order chi connectivity index (χ1) is 16.0. The summed E-state index contributed by atoms with van der Waals surface area (Å²) in [7, 11) is 3.85. The van der Waals surface area contributed by atoms with E-state index in [0.717, 1.165) is 37.6 Å². The van der Waals surface area contributed by atoms with Gasteiger partial charge in [-0.1, -0.05) is 18.2 Å². The highest BCUT2D eigenvalue weighted by atomic mass is 15.3. The van der Waals surface area contributed by atoms with Gasteiger partial charge < -0.3 is 14.7 Å². The van der Waals surface area contributed by atoms with E-state index in [4.69, 9.17) is 0 Å². The molecule has 0 N–H and O–H groups in total. The first-order valence-corrected chi connectivity index (χ1v) is 10.6. The summed E-state index contributed by atoms with van der Waals surface area (Å²) < 4.78 is 0. The molecule has 164 valence electrons. The maximum atomic E-state index is 10.1. The average Bonchev–Trinajstić information content (AvgIpc) is 2.84. The molecular weight excluding hydrogens is 414 g/mol. The molecule has 1 saturated heterocycles. The van der Waals surface area contributed by atoms with Crippen LogP contribution >= 0.6 is 0 Å². The van der Waals surface area contributed by atoms with E-state index in [2.05, 4.69) is 50.2 Å². The van der Waals surface area contributed by atoms with Gasteiger partial charge in [0.2, 0.25) is 0 Å². The predicted octanol–water partition coefficient (Wildman–Crippen LogP) is 2.53. The van der Waals surface area contributed by atoms with Gasteiger partial charge in [0.1, 0.15) is 17.9 Å². The molecule has 4 rings (SSSR count). The van der Waals surface area contributed by atoms with E-state index in [1.54, 1.807) is 24.2 Å². The fourth-order valence-corrected chi connectivity index (χ4v) is 4.13. The summed E-state index contributed by atoms with van der Waals surface area (Å²) in [4.78, 5) is 10.8. The largest absolute Gasteiger partial charge is 0.354 e.